The minimum atomic E-state index is -3.76. The highest BCUT2D eigenvalue weighted by atomic mass is 32.2. The molecule has 2 N–H and O–H groups in total. The van der Waals surface area contributed by atoms with Gasteiger partial charge in [-0.05, 0) is 49.4 Å². The van der Waals surface area contributed by atoms with Crippen molar-refractivity contribution >= 4 is 32.6 Å². The molecule has 1 heterocycles. The van der Waals surface area contributed by atoms with E-state index in [1.165, 1.54) is 11.3 Å². The Kier molecular flexibility index (Phi) is 9.60. The third kappa shape index (κ3) is 8.23. The predicted octanol–water partition coefficient (Wildman–Crippen LogP) is 6.09. The molecule has 0 unspecified atom stereocenters. The van der Waals surface area contributed by atoms with Crippen molar-refractivity contribution in [1.82, 2.24) is 9.71 Å². The molecule has 0 radical (unpaired) electrons. The summed E-state index contributed by atoms with van der Waals surface area (Å²) in [6, 6.07) is 27.0. The van der Waals surface area contributed by atoms with Gasteiger partial charge in [0.25, 0.3) is 0 Å². The molecule has 0 aliphatic heterocycles. The third-order valence-electron chi connectivity index (χ3n) is 6.08. The maximum Gasteiger partial charge on any atom is 0.413 e. The second-order valence-corrected chi connectivity index (χ2v) is 13.4. The Morgan fingerprint density at radius 1 is 0.927 bits per heavy atom. The average molecular weight is 594 g/mol. The van der Waals surface area contributed by atoms with Crippen LogP contribution in [-0.2, 0) is 38.1 Å². The maximum atomic E-state index is 13.0. The Balaban J connectivity index is 1.75. The lowest BCUT2D eigenvalue weighted by molar-refractivity contribution is 0.0636. The van der Waals surface area contributed by atoms with Gasteiger partial charge in [0.1, 0.15) is 11.1 Å². The number of anilines is 1. The van der Waals surface area contributed by atoms with Crippen molar-refractivity contribution in [3.05, 3.63) is 118 Å². The molecule has 0 saturated carbocycles. The highest BCUT2D eigenvalue weighted by Crippen LogP contribution is 2.42. The van der Waals surface area contributed by atoms with Gasteiger partial charge < -0.3 is 9.47 Å². The van der Waals surface area contributed by atoms with Gasteiger partial charge >= 0.3 is 6.09 Å². The molecule has 0 aliphatic carbocycles. The number of amides is 1. The van der Waals surface area contributed by atoms with Gasteiger partial charge in [0.15, 0.2) is 5.13 Å². The highest BCUT2D eigenvalue weighted by molar-refractivity contribution is 7.88. The number of aromatic nitrogens is 1. The van der Waals surface area contributed by atoms with Gasteiger partial charge in [0, 0.05) is 6.20 Å². The van der Waals surface area contributed by atoms with Gasteiger partial charge in [-0.1, -0.05) is 96.3 Å². The zero-order valence-electron chi connectivity index (χ0n) is 23.6. The summed E-state index contributed by atoms with van der Waals surface area (Å²) in [6.07, 6.45) is 2.63. The van der Waals surface area contributed by atoms with E-state index in [9.17, 15) is 13.2 Å². The van der Waals surface area contributed by atoms with Crippen LogP contribution in [-0.4, -0.2) is 38.0 Å². The molecule has 10 heteroatoms. The summed E-state index contributed by atoms with van der Waals surface area (Å²) in [7, 11) is -3.76. The second-order valence-electron chi connectivity index (χ2n) is 10.6. The minimum absolute atomic E-state index is 0.286. The molecule has 3 aromatic carbocycles. The number of hydrogen-bond acceptors (Lipinski definition) is 7. The van der Waals surface area contributed by atoms with E-state index in [1.807, 2.05) is 84.9 Å². The lowest BCUT2D eigenvalue weighted by Crippen LogP contribution is -2.47. The van der Waals surface area contributed by atoms with Crippen LogP contribution in [0, 0.1) is 0 Å². The Morgan fingerprint density at radius 3 is 2.22 bits per heavy atom. The van der Waals surface area contributed by atoms with Crippen molar-refractivity contribution in [2.24, 2.45) is 0 Å². The number of ether oxygens (including phenoxy) is 2. The number of carbonyl (C=O) groups excluding carboxylic acids is 1. The third-order valence-corrected chi connectivity index (χ3v) is 7.79. The first-order valence-corrected chi connectivity index (χ1v) is 15.9. The molecule has 4 aromatic rings. The predicted molar refractivity (Wildman–Crippen MR) is 163 cm³/mol. The number of thiazole rings is 1. The van der Waals surface area contributed by atoms with Crippen LogP contribution in [0.3, 0.4) is 0 Å². The fourth-order valence-corrected chi connectivity index (χ4v) is 6.45. The molecule has 216 valence electrons. The molecule has 1 atom stereocenters. The lowest BCUT2D eigenvalue weighted by Gasteiger charge is -2.35. The van der Waals surface area contributed by atoms with E-state index in [4.69, 9.17) is 9.47 Å². The van der Waals surface area contributed by atoms with Crippen LogP contribution in [0.15, 0.2) is 91.1 Å². The molecule has 41 heavy (non-hydrogen) atoms. The van der Waals surface area contributed by atoms with Crippen molar-refractivity contribution in [2.75, 3.05) is 18.2 Å². The topological polar surface area (TPSA) is 107 Å². The number of sulfonamides is 1. The van der Waals surface area contributed by atoms with E-state index < -0.39 is 27.3 Å². The van der Waals surface area contributed by atoms with Crippen LogP contribution in [0.1, 0.15) is 47.9 Å². The fraction of sp³-hybridized carbons (Fsp3) is 0.290. The van der Waals surface area contributed by atoms with E-state index in [2.05, 4.69) is 15.0 Å². The summed E-state index contributed by atoms with van der Waals surface area (Å²) in [5.41, 5.74) is 1.43. The first kappa shape index (κ1) is 30.4. The van der Waals surface area contributed by atoms with Crippen molar-refractivity contribution in [2.45, 2.75) is 44.9 Å². The van der Waals surface area contributed by atoms with E-state index in [0.29, 0.717) is 30.1 Å². The van der Waals surface area contributed by atoms with Crippen molar-refractivity contribution in [3.8, 4) is 0 Å². The molecular formula is C31H35N3O5S2. The Bertz CT molecular complexity index is 1550. The van der Waals surface area contributed by atoms with Gasteiger partial charge in [-0.25, -0.2) is 18.2 Å². The van der Waals surface area contributed by atoms with Crippen LogP contribution in [0.5, 0.6) is 0 Å². The molecule has 0 spiro atoms. The number of carbonyl (C=O) groups is 1. The quantitative estimate of drug-likeness (QED) is 0.204. The maximum absolute atomic E-state index is 13.0. The number of hydrogen-bond donors (Lipinski definition) is 2. The van der Waals surface area contributed by atoms with Crippen LogP contribution < -0.4 is 10.0 Å². The standard InChI is InChI=1S/C31H35N3O5S2/c1-30(2,3)39-29(35)33-28-32-21-27(40-28)31(34-41(4,36)37,25-16-9-6-10-17-25)26-18-12-11-15-24(26)19-20-38-22-23-13-7-5-8-14-23/h5-18,21,34H,19-20,22H2,1-4H3,(H,32,33,35)/t31-/m0/s1. The van der Waals surface area contributed by atoms with Crippen LogP contribution in [0.25, 0.3) is 0 Å². The summed E-state index contributed by atoms with van der Waals surface area (Å²) in [6.45, 7) is 6.23. The van der Waals surface area contributed by atoms with Gasteiger partial charge in [-0.15, -0.1) is 0 Å². The molecule has 0 saturated heterocycles. The van der Waals surface area contributed by atoms with Crippen LogP contribution >= 0.6 is 11.3 Å². The van der Waals surface area contributed by atoms with Gasteiger partial charge in [0.2, 0.25) is 10.0 Å². The zero-order valence-corrected chi connectivity index (χ0v) is 25.2. The Morgan fingerprint density at radius 2 is 1.56 bits per heavy atom. The summed E-state index contributed by atoms with van der Waals surface area (Å²) in [4.78, 5) is 17.5. The molecule has 8 nitrogen and oxygen atoms in total. The normalized spacial score (nSPS) is 13.4. The minimum Gasteiger partial charge on any atom is -0.444 e. The van der Waals surface area contributed by atoms with Crippen molar-refractivity contribution in [3.63, 3.8) is 0 Å². The number of nitrogens with one attached hydrogen (secondary N) is 2. The van der Waals surface area contributed by atoms with E-state index in [-0.39, 0.29) is 5.13 Å². The smallest absolute Gasteiger partial charge is 0.413 e. The molecule has 1 amide bonds. The molecule has 1 aromatic heterocycles. The van der Waals surface area contributed by atoms with Gasteiger partial charge in [-0.2, -0.15) is 4.72 Å². The molecular weight excluding hydrogens is 558 g/mol. The lowest BCUT2D eigenvalue weighted by atomic mass is 9.79. The SMILES string of the molecule is CC(C)(C)OC(=O)Nc1ncc([C@](NS(C)(=O)=O)(c2ccccc2)c2ccccc2CCOCc2ccccc2)s1. The number of benzene rings is 3. The van der Waals surface area contributed by atoms with Crippen molar-refractivity contribution in [1.29, 1.82) is 0 Å². The van der Waals surface area contributed by atoms with E-state index in [1.54, 1.807) is 27.0 Å². The number of rotatable bonds is 11. The molecule has 0 fully saturated rings. The second kappa shape index (κ2) is 12.9. The highest BCUT2D eigenvalue weighted by Gasteiger charge is 2.42. The monoisotopic (exact) mass is 593 g/mol. The fourth-order valence-electron chi connectivity index (χ4n) is 4.51. The molecule has 0 bridgehead atoms. The van der Waals surface area contributed by atoms with E-state index in [0.717, 1.165) is 22.9 Å². The largest absolute Gasteiger partial charge is 0.444 e. The zero-order chi connectivity index (χ0) is 29.5. The van der Waals surface area contributed by atoms with Gasteiger partial charge in [0.05, 0.1) is 24.3 Å². The van der Waals surface area contributed by atoms with Crippen LogP contribution in [0.4, 0.5) is 9.93 Å². The summed E-state index contributed by atoms with van der Waals surface area (Å²) < 4.78 is 40.3. The summed E-state index contributed by atoms with van der Waals surface area (Å²) in [5, 5.41) is 2.96. The Labute approximate surface area is 245 Å². The molecule has 4 rings (SSSR count). The summed E-state index contributed by atoms with van der Waals surface area (Å²) >= 11 is 1.18. The molecule has 0 aliphatic rings. The average Bonchev–Trinajstić information content (AvgIpc) is 3.38. The first-order valence-electron chi connectivity index (χ1n) is 13.2. The van der Waals surface area contributed by atoms with Gasteiger partial charge in [-0.3, -0.25) is 5.32 Å². The first-order chi connectivity index (χ1) is 19.5. The van der Waals surface area contributed by atoms with E-state index >= 15 is 0 Å². The summed E-state index contributed by atoms with van der Waals surface area (Å²) in [5.74, 6) is 0. The van der Waals surface area contributed by atoms with Crippen molar-refractivity contribution < 1.29 is 22.7 Å². The Hall–Kier alpha value is -3.57. The number of nitrogens with zero attached hydrogens (tertiary/aromatic N) is 1. The van der Waals surface area contributed by atoms with Crippen LogP contribution in [0.2, 0.25) is 0 Å².